The van der Waals surface area contributed by atoms with Crippen LogP contribution in [-0.4, -0.2) is 25.7 Å². The first-order valence-corrected chi connectivity index (χ1v) is 8.92. The molecule has 0 spiro atoms. The number of ether oxygens (including phenoxy) is 2. The quantitative estimate of drug-likeness (QED) is 0.626. The summed E-state index contributed by atoms with van der Waals surface area (Å²) in [6, 6.07) is 13.1. The number of hydrogen-bond donors (Lipinski definition) is 0. The standard InChI is InChI=1S/C21H24ClNO3/c1-5-23(17-9-7-6-8-10-17)20(24)12-11-16-13-18(22)21(26-15(2)3)19(14-16)25-4/h6-15H,5H2,1-4H3/b12-11+. The molecule has 0 bridgehead atoms. The second-order valence-corrected chi connectivity index (χ2v) is 6.36. The fourth-order valence-electron chi connectivity index (χ4n) is 2.52. The van der Waals surface area contributed by atoms with Crippen LogP contribution in [0.5, 0.6) is 11.5 Å². The highest BCUT2D eigenvalue weighted by atomic mass is 35.5. The van der Waals surface area contributed by atoms with E-state index in [9.17, 15) is 4.79 Å². The van der Waals surface area contributed by atoms with E-state index in [1.165, 1.54) is 6.08 Å². The largest absolute Gasteiger partial charge is 0.493 e. The summed E-state index contributed by atoms with van der Waals surface area (Å²) in [5, 5.41) is 0.445. The molecule has 1 amide bonds. The molecule has 5 heteroatoms. The smallest absolute Gasteiger partial charge is 0.250 e. The van der Waals surface area contributed by atoms with Gasteiger partial charge in [0.1, 0.15) is 0 Å². The molecule has 2 aromatic carbocycles. The normalized spacial score (nSPS) is 11.0. The van der Waals surface area contributed by atoms with Crippen molar-refractivity contribution in [1.82, 2.24) is 0 Å². The molecule has 0 unspecified atom stereocenters. The number of nitrogens with zero attached hydrogens (tertiary/aromatic N) is 1. The summed E-state index contributed by atoms with van der Waals surface area (Å²) in [5.74, 6) is 0.942. The van der Waals surface area contributed by atoms with E-state index in [2.05, 4.69) is 0 Å². The summed E-state index contributed by atoms with van der Waals surface area (Å²) >= 11 is 6.32. The van der Waals surface area contributed by atoms with Crippen LogP contribution < -0.4 is 14.4 Å². The van der Waals surface area contributed by atoms with Crippen molar-refractivity contribution < 1.29 is 14.3 Å². The average Bonchev–Trinajstić information content (AvgIpc) is 2.63. The zero-order valence-electron chi connectivity index (χ0n) is 15.5. The van der Waals surface area contributed by atoms with E-state index in [4.69, 9.17) is 21.1 Å². The maximum Gasteiger partial charge on any atom is 0.250 e. The van der Waals surface area contributed by atoms with E-state index in [-0.39, 0.29) is 12.0 Å². The van der Waals surface area contributed by atoms with Crippen LogP contribution in [0.2, 0.25) is 5.02 Å². The van der Waals surface area contributed by atoms with Crippen molar-refractivity contribution in [2.75, 3.05) is 18.6 Å². The predicted molar refractivity (Wildman–Crippen MR) is 107 cm³/mol. The third-order valence-corrected chi connectivity index (χ3v) is 3.95. The fraction of sp³-hybridized carbons (Fsp3) is 0.286. The minimum atomic E-state index is -0.101. The molecule has 2 aromatic rings. The highest BCUT2D eigenvalue weighted by molar-refractivity contribution is 6.32. The molecule has 2 rings (SSSR count). The molecule has 0 saturated carbocycles. The SMILES string of the molecule is CCN(C(=O)/C=C/c1cc(Cl)c(OC(C)C)c(OC)c1)c1ccccc1. The Morgan fingerprint density at radius 2 is 1.92 bits per heavy atom. The van der Waals surface area contributed by atoms with Gasteiger partial charge >= 0.3 is 0 Å². The average molecular weight is 374 g/mol. The van der Waals surface area contributed by atoms with Crippen molar-refractivity contribution in [2.45, 2.75) is 26.9 Å². The van der Waals surface area contributed by atoms with Crippen LogP contribution in [0.1, 0.15) is 26.3 Å². The van der Waals surface area contributed by atoms with Gasteiger partial charge in [0.2, 0.25) is 0 Å². The van der Waals surface area contributed by atoms with Gasteiger partial charge in [0.25, 0.3) is 5.91 Å². The van der Waals surface area contributed by atoms with E-state index < -0.39 is 0 Å². The van der Waals surface area contributed by atoms with Gasteiger partial charge in [-0.2, -0.15) is 0 Å². The highest BCUT2D eigenvalue weighted by Gasteiger charge is 2.14. The molecule has 0 aliphatic heterocycles. The van der Waals surface area contributed by atoms with Crippen LogP contribution in [0.3, 0.4) is 0 Å². The van der Waals surface area contributed by atoms with Crippen LogP contribution in [0.25, 0.3) is 6.08 Å². The Balaban J connectivity index is 2.24. The van der Waals surface area contributed by atoms with E-state index in [0.717, 1.165) is 11.3 Å². The predicted octanol–water partition coefficient (Wildman–Crippen LogP) is 5.20. The minimum absolute atomic E-state index is 0.0200. The highest BCUT2D eigenvalue weighted by Crippen LogP contribution is 2.37. The molecule has 0 aliphatic carbocycles. The molecular weight excluding hydrogens is 350 g/mol. The molecule has 0 fully saturated rings. The summed E-state index contributed by atoms with van der Waals surface area (Å²) in [6.07, 6.45) is 3.24. The molecule has 0 aromatic heterocycles. The van der Waals surface area contributed by atoms with E-state index in [0.29, 0.717) is 23.1 Å². The third-order valence-electron chi connectivity index (χ3n) is 3.67. The first-order chi connectivity index (χ1) is 12.5. The number of benzene rings is 2. The van der Waals surface area contributed by atoms with Gasteiger partial charge in [0.05, 0.1) is 18.2 Å². The zero-order valence-corrected chi connectivity index (χ0v) is 16.3. The summed E-state index contributed by atoms with van der Waals surface area (Å²) in [7, 11) is 1.56. The second kappa shape index (κ2) is 9.30. The summed E-state index contributed by atoms with van der Waals surface area (Å²) in [6.45, 7) is 6.37. The van der Waals surface area contributed by atoms with Gasteiger partial charge < -0.3 is 14.4 Å². The summed E-state index contributed by atoms with van der Waals surface area (Å²) in [4.78, 5) is 14.3. The van der Waals surface area contributed by atoms with Crippen LogP contribution in [0, 0.1) is 0 Å². The van der Waals surface area contributed by atoms with Crippen molar-refractivity contribution in [3.05, 3.63) is 59.1 Å². The number of amides is 1. The van der Waals surface area contributed by atoms with Gasteiger partial charge in [-0.3, -0.25) is 4.79 Å². The third kappa shape index (κ3) is 5.02. The molecular formula is C21H24ClNO3. The minimum Gasteiger partial charge on any atom is -0.493 e. The molecule has 0 heterocycles. The van der Waals surface area contributed by atoms with E-state index >= 15 is 0 Å². The molecule has 4 nitrogen and oxygen atoms in total. The number of rotatable bonds is 7. The fourth-order valence-corrected chi connectivity index (χ4v) is 2.78. The Labute approximate surface area is 160 Å². The number of anilines is 1. The Morgan fingerprint density at radius 1 is 1.23 bits per heavy atom. The lowest BCUT2D eigenvalue weighted by atomic mass is 10.1. The molecule has 0 radical (unpaired) electrons. The maximum atomic E-state index is 12.6. The van der Waals surface area contributed by atoms with E-state index in [1.54, 1.807) is 30.2 Å². The lowest BCUT2D eigenvalue weighted by Gasteiger charge is -2.19. The maximum absolute atomic E-state index is 12.6. The Bertz CT molecular complexity index is 772. The van der Waals surface area contributed by atoms with Gasteiger partial charge in [-0.15, -0.1) is 0 Å². The van der Waals surface area contributed by atoms with Crippen LogP contribution in [-0.2, 0) is 4.79 Å². The van der Waals surface area contributed by atoms with Crippen LogP contribution in [0.15, 0.2) is 48.5 Å². The number of methoxy groups -OCH3 is 1. The first-order valence-electron chi connectivity index (χ1n) is 8.55. The Hall–Kier alpha value is -2.46. The van der Waals surface area contributed by atoms with Crippen molar-refractivity contribution in [3.8, 4) is 11.5 Å². The van der Waals surface area contributed by atoms with Crippen LogP contribution >= 0.6 is 11.6 Å². The van der Waals surface area contributed by atoms with E-state index in [1.807, 2.05) is 51.1 Å². The number of para-hydroxylation sites is 1. The van der Waals surface area contributed by atoms with Gasteiger partial charge in [-0.05, 0) is 56.7 Å². The molecule has 138 valence electrons. The second-order valence-electron chi connectivity index (χ2n) is 5.95. The Kier molecular flexibility index (Phi) is 7.10. The lowest BCUT2D eigenvalue weighted by molar-refractivity contribution is -0.114. The van der Waals surface area contributed by atoms with Gasteiger partial charge in [0, 0.05) is 18.3 Å². The Morgan fingerprint density at radius 3 is 2.50 bits per heavy atom. The van der Waals surface area contributed by atoms with Crippen molar-refractivity contribution in [1.29, 1.82) is 0 Å². The first kappa shape index (κ1) is 19.9. The number of halogens is 1. The van der Waals surface area contributed by atoms with Gasteiger partial charge in [-0.1, -0.05) is 29.8 Å². The monoisotopic (exact) mass is 373 g/mol. The zero-order chi connectivity index (χ0) is 19.1. The van der Waals surface area contributed by atoms with Crippen molar-refractivity contribution in [2.24, 2.45) is 0 Å². The molecule has 0 saturated heterocycles. The molecule has 0 N–H and O–H groups in total. The summed E-state index contributed by atoms with van der Waals surface area (Å²) in [5.41, 5.74) is 1.63. The molecule has 26 heavy (non-hydrogen) atoms. The topological polar surface area (TPSA) is 38.8 Å². The van der Waals surface area contributed by atoms with Crippen molar-refractivity contribution >= 4 is 29.3 Å². The number of likely N-dealkylation sites (N-methyl/N-ethyl adjacent to an activating group) is 1. The number of carbonyl (C=O) groups is 1. The molecule has 0 aliphatic rings. The van der Waals surface area contributed by atoms with Crippen molar-refractivity contribution in [3.63, 3.8) is 0 Å². The number of carbonyl (C=O) groups excluding carboxylic acids is 1. The number of hydrogen-bond acceptors (Lipinski definition) is 3. The molecule has 0 atom stereocenters. The van der Waals surface area contributed by atoms with Gasteiger partial charge in [-0.25, -0.2) is 0 Å². The van der Waals surface area contributed by atoms with Crippen LogP contribution in [0.4, 0.5) is 5.69 Å². The van der Waals surface area contributed by atoms with Gasteiger partial charge in [0.15, 0.2) is 11.5 Å². The lowest BCUT2D eigenvalue weighted by Crippen LogP contribution is -2.28. The summed E-state index contributed by atoms with van der Waals surface area (Å²) < 4.78 is 11.1.